The highest BCUT2D eigenvalue weighted by Gasteiger charge is 2.50. The van der Waals surface area contributed by atoms with Crippen LogP contribution >= 0.6 is 0 Å². The zero-order valence-corrected chi connectivity index (χ0v) is 9.43. The molecule has 0 aromatic rings. The van der Waals surface area contributed by atoms with Crippen LogP contribution in [0.15, 0.2) is 0 Å². The molecule has 1 saturated heterocycles. The van der Waals surface area contributed by atoms with Gasteiger partial charge in [-0.1, -0.05) is 6.92 Å². The smallest absolute Gasteiger partial charge is 0.248 e. The molecule has 1 spiro atoms. The monoisotopic (exact) mass is 219 g/mol. The molecule has 2 rings (SSSR count). The Hall–Kier alpha value is -0.220. The van der Waals surface area contributed by atoms with Crippen molar-refractivity contribution >= 4 is 0 Å². The minimum atomic E-state index is -2.47. The van der Waals surface area contributed by atoms with E-state index in [-0.39, 0.29) is 18.6 Å². The predicted octanol–water partition coefficient (Wildman–Crippen LogP) is 2.63. The predicted molar refractivity (Wildman–Crippen MR) is 53.9 cm³/mol. The molecule has 0 aromatic carbocycles. The number of hydrogen-bond acceptors (Lipinski definition) is 2. The van der Waals surface area contributed by atoms with Crippen LogP contribution in [-0.4, -0.2) is 36.2 Å². The standard InChI is InChI=1S/C11H19F2NO/c1-3-9-8-15-11(14(9)2)6-4-10(12,13)5-7-11/h9H,3-8H2,1-2H3. The zero-order valence-electron chi connectivity index (χ0n) is 9.43. The lowest BCUT2D eigenvalue weighted by molar-refractivity contribution is -0.155. The van der Waals surface area contributed by atoms with Gasteiger partial charge in [-0.2, -0.15) is 0 Å². The largest absolute Gasteiger partial charge is 0.359 e. The molecule has 0 radical (unpaired) electrons. The number of hydrogen-bond donors (Lipinski definition) is 0. The van der Waals surface area contributed by atoms with Crippen molar-refractivity contribution in [3.63, 3.8) is 0 Å². The highest BCUT2D eigenvalue weighted by molar-refractivity contribution is 4.95. The zero-order chi connectivity index (χ0) is 11.1. The van der Waals surface area contributed by atoms with Gasteiger partial charge in [0.15, 0.2) is 0 Å². The Labute approximate surface area is 89.6 Å². The second kappa shape index (κ2) is 3.67. The molecule has 2 fully saturated rings. The van der Waals surface area contributed by atoms with Crippen molar-refractivity contribution in [1.29, 1.82) is 0 Å². The summed E-state index contributed by atoms with van der Waals surface area (Å²) in [5.74, 6) is -2.47. The molecule has 88 valence electrons. The van der Waals surface area contributed by atoms with E-state index in [1.54, 1.807) is 0 Å². The Morgan fingerprint density at radius 3 is 2.33 bits per heavy atom. The van der Waals surface area contributed by atoms with Crippen LogP contribution in [0, 0.1) is 0 Å². The Morgan fingerprint density at radius 1 is 1.27 bits per heavy atom. The molecule has 2 nitrogen and oxygen atoms in total. The van der Waals surface area contributed by atoms with Gasteiger partial charge >= 0.3 is 0 Å². The first-order valence-corrected chi connectivity index (χ1v) is 5.74. The first kappa shape index (κ1) is 11.3. The van der Waals surface area contributed by atoms with Gasteiger partial charge in [0.2, 0.25) is 5.92 Å². The molecular weight excluding hydrogens is 200 g/mol. The summed E-state index contributed by atoms with van der Waals surface area (Å²) >= 11 is 0. The van der Waals surface area contributed by atoms with E-state index in [2.05, 4.69) is 11.8 Å². The molecule has 0 aromatic heterocycles. The molecular formula is C11H19F2NO. The van der Waals surface area contributed by atoms with Crippen LogP contribution < -0.4 is 0 Å². The van der Waals surface area contributed by atoms with Crippen molar-refractivity contribution in [2.45, 2.75) is 56.7 Å². The summed E-state index contributed by atoms with van der Waals surface area (Å²) in [5.41, 5.74) is -0.387. The van der Waals surface area contributed by atoms with Gasteiger partial charge in [-0.25, -0.2) is 8.78 Å². The number of ether oxygens (including phenoxy) is 1. The topological polar surface area (TPSA) is 12.5 Å². The van der Waals surface area contributed by atoms with E-state index in [1.807, 2.05) is 7.05 Å². The SMILES string of the molecule is CCC1COC2(CCC(F)(F)CC2)N1C. The van der Waals surface area contributed by atoms with Crippen LogP contribution in [0.5, 0.6) is 0 Å². The quantitative estimate of drug-likeness (QED) is 0.672. The summed E-state index contributed by atoms with van der Waals surface area (Å²) in [6.45, 7) is 2.81. The maximum absolute atomic E-state index is 13.1. The van der Waals surface area contributed by atoms with E-state index in [0.29, 0.717) is 25.5 Å². The van der Waals surface area contributed by atoms with Crippen LogP contribution in [0.25, 0.3) is 0 Å². The van der Waals surface area contributed by atoms with Crippen LogP contribution in [-0.2, 0) is 4.74 Å². The lowest BCUT2D eigenvalue weighted by Crippen LogP contribution is -2.49. The minimum Gasteiger partial charge on any atom is -0.359 e. The second-order valence-electron chi connectivity index (χ2n) is 4.79. The van der Waals surface area contributed by atoms with E-state index in [4.69, 9.17) is 4.74 Å². The fraction of sp³-hybridized carbons (Fsp3) is 1.00. The summed E-state index contributed by atoms with van der Waals surface area (Å²) in [6.07, 6.45) is 1.89. The van der Waals surface area contributed by atoms with Crippen molar-refractivity contribution < 1.29 is 13.5 Å². The molecule has 0 bridgehead atoms. The average molecular weight is 219 g/mol. The Morgan fingerprint density at radius 2 is 1.87 bits per heavy atom. The summed E-state index contributed by atoms with van der Waals surface area (Å²) in [6, 6.07) is 0.400. The van der Waals surface area contributed by atoms with Gasteiger partial charge in [-0.3, -0.25) is 4.90 Å². The second-order valence-corrected chi connectivity index (χ2v) is 4.79. The summed E-state index contributed by atoms with van der Waals surface area (Å²) in [7, 11) is 2.00. The van der Waals surface area contributed by atoms with Gasteiger partial charge in [0.1, 0.15) is 5.72 Å². The van der Waals surface area contributed by atoms with E-state index in [9.17, 15) is 8.78 Å². The molecule has 1 aliphatic carbocycles. The minimum absolute atomic E-state index is 0.0340. The van der Waals surface area contributed by atoms with E-state index in [0.717, 1.165) is 6.42 Å². The number of rotatable bonds is 1. The molecule has 15 heavy (non-hydrogen) atoms. The third-order valence-corrected chi connectivity index (χ3v) is 3.97. The summed E-state index contributed by atoms with van der Waals surface area (Å²) in [4.78, 5) is 2.17. The maximum atomic E-state index is 13.1. The lowest BCUT2D eigenvalue weighted by atomic mass is 9.88. The van der Waals surface area contributed by atoms with E-state index < -0.39 is 5.92 Å². The van der Waals surface area contributed by atoms with Crippen LogP contribution in [0.1, 0.15) is 39.0 Å². The molecule has 4 heteroatoms. The van der Waals surface area contributed by atoms with Crippen LogP contribution in [0.2, 0.25) is 0 Å². The fourth-order valence-electron chi connectivity index (χ4n) is 2.69. The number of alkyl halides is 2. The molecule has 0 N–H and O–H groups in total. The van der Waals surface area contributed by atoms with Crippen molar-refractivity contribution in [1.82, 2.24) is 4.90 Å². The molecule has 2 aliphatic rings. The number of likely N-dealkylation sites (N-methyl/N-ethyl adjacent to an activating group) is 1. The van der Waals surface area contributed by atoms with E-state index >= 15 is 0 Å². The third-order valence-electron chi connectivity index (χ3n) is 3.97. The highest BCUT2D eigenvalue weighted by atomic mass is 19.3. The number of halogens is 2. The highest BCUT2D eigenvalue weighted by Crippen LogP contribution is 2.45. The van der Waals surface area contributed by atoms with Gasteiger partial charge in [0, 0.05) is 18.9 Å². The maximum Gasteiger partial charge on any atom is 0.248 e. The molecule has 1 unspecified atom stereocenters. The van der Waals surface area contributed by atoms with Gasteiger partial charge in [0.05, 0.1) is 6.61 Å². The fourth-order valence-corrected chi connectivity index (χ4v) is 2.69. The van der Waals surface area contributed by atoms with Crippen molar-refractivity contribution in [3.8, 4) is 0 Å². The Bertz CT molecular complexity index is 235. The first-order chi connectivity index (χ1) is 6.99. The lowest BCUT2D eigenvalue weighted by Gasteiger charge is -2.41. The first-order valence-electron chi connectivity index (χ1n) is 5.74. The Kier molecular flexibility index (Phi) is 2.75. The molecule has 1 saturated carbocycles. The third kappa shape index (κ3) is 1.89. The summed E-state index contributed by atoms with van der Waals surface area (Å²) < 4.78 is 31.9. The molecule has 0 amide bonds. The van der Waals surface area contributed by atoms with Gasteiger partial charge in [0.25, 0.3) is 0 Å². The van der Waals surface area contributed by atoms with Crippen molar-refractivity contribution in [2.75, 3.05) is 13.7 Å². The Balaban J connectivity index is 2.04. The van der Waals surface area contributed by atoms with Crippen molar-refractivity contribution in [2.24, 2.45) is 0 Å². The average Bonchev–Trinajstić information content (AvgIpc) is 2.50. The van der Waals surface area contributed by atoms with Crippen LogP contribution in [0.3, 0.4) is 0 Å². The van der Waals surface area contributed by atoms with Gasteiger partial charge < -0.3 is 4.74 Å². The summed E-state index contributed by atoms with van der Waals surface area (Å²) in [5, 5.41) is 0. The normalized spacial score (nSPS) is 34.8. The molecule has 1 atom stereocenters. The number of nitrogens with zero attached hydrogens (tertiary/aromatic N) is 1. The van der Waals surface area contributed by atoms with E-state index in [1.165, 1.54) is 0 Å². The van der Waals surface area contributed by atoms with Gasteiger partial charge in [-0.05, 0) is 26.3 Å². The van der Waals surface area contributed by atoms with Gasteiger partial charge in [-0.15, -0.1) is 0 Å². The van der Waals surface area contributed by atoms with Crippen molar-refractivity contribution in [3.05, 3.63) is 0 Å². The molecule has 1 heterocycles. The van der Waals surface area contributed by atoms with Crippen LogP contribution in [0.4, 0.5) is 8.78 Å². The molecule has 1 aliphatic heterocycles.